The Morgan fingerprint density at radius 2 is 2.36 bits per heavy atom. The minimum Gasteiger partial charge on any atom is -0.410 e. The highest BCUT2D eigenvalue weighted by atomic mass is 32.4. The first-order valence-electron chi connectivity index (χ1n) is 4.27. The topological polar surface area (TPSA) is 9.23 Å². The second-order valence-electron chi connectivity index (χ2n) is 2.74. The number of hydrogen-bond donors (Lipinski definition) is 1. The molecule has 0 amide bonds. The van der Waals surface area contributed by atoms with Gasteiger partial charge in [-0.15, -0.1) is 0 Å². The lowest BCUT2D eigenvalue weighted by Gasteiger charge is -2.20. The largest absolute Gasteiger partial charge is 0.410 e. The van der Waals surface area contributed by atoms with Crippen LogP contribution in [-0.4, -0.2) is 26.3 Å². The van der Waals surface area contributed by atoms with E-state index in [4.69, 9.17) is 4.43 Å². The van der Waals surface area contributed by atoms with Gasteiger partial charge in [-0.05, 0) is 30.4 Å². The second-order valence-corrected chi connectivity index (χ2v) is 8.28. The minimum atomic E-state index is -0.775. The Morgan fingerprint density at radius 1 is 1.45 bits per heavy atom. The highest BCUT2D eigenvalue weighted by Gasteiger charge is 2.15. The molecule has 0 aromatic heterocycles. The van der Waals surface area contributed by atoms with Crippen molar-refractivity contribution in [2.75, 3.05) is 18.1 Å². The molecule has 0 N–H and O–H groups in total. The highest BCUT2D eigenvalue weighted by molar-refractivity contribution is 8.24. The summed E-state index contributed by atoms with van der Waals surface area (Å²) in [6.45, 7) is 1.03. The van der Waals surface area contributed by atoms with Gasteiger partial charge in [-0.3, -0.25) is 0 Å². The molecular formula is C7H16OS2Si. The molecule has 1 rings (SSSR count). The quantitative estimate of drug-likeness (QED) is 0.430. The number of thiol groups is 1. The maximum Gasteiger partial charge on any atom is 0.238 e. The molecule has 1 aliphatic heterocycles. The van der Waals surface area contributed by atoms with Crippen LogP contribution in [-0.2, 0) is 4.43 Å². The molecule has 0 saturated carbocycles. The van der Waals surface area contributed by atoms with E-state index in [9.17, 15) is 0 Å². The van der Waals surface area contributed by atoms with Gasteiger partial charge in [-0.1, -0.05) is 6.42 Å². The fraction of sp³-hybridized carbons (Fsp3) is 1.00. The average molecular weight is 208 g/mol. The van der Waals surface area contributed by atoms with Crippen LogP contribution in [0.1, 0.15) is 19.3 Å². The van der Waals surface area contributed by atoms with Crippen molar-refractivity contribution < 1.29 is 4.43 Å². The molecule has 0 aromatic rings. The van der Waals surface area contributed by atoms with Crippen molar-refractivity contribution in [3.8, 4) is 0 Å². The number of rotatable bonds is 4. The lowest BCUT2D eigenvalue weighted by atomic mass is 10.4. The SMILES string of the molecule is SCCCS[SiH]1CCCCO1. The Morgan fingerprint density at radius 3 is 3.00 bits per heavy atom. The van der Waals surface area contributed by atoms with E-state index in [0.717, 1.165) is 12.4 Å². The first-order valence-corrected chi connectivity index (χ1v) is 8.66. The van der Waals surface area contributed by atoms with Crippen molar-refractivity contribution >= 4 is 32.0 Å². The minimum absolute atomic E-state index is 0.775. The molecule has 0 radical (unpaired) electrons. The number of hydrogen-bond acceptors (Lipinski definition) is 3. The summed E-state index contributed by atoms with van der Waals surface area (Å²) in [4.78, 5) is 0. The van der Waals surface area contributed by atoms with Crippen molar-refractivity contribution in [2.24, 2.45) is 0 Å². The molecule has 0 spiro atoms. The van der Waals surface area contributed by atoms with E-state index in [1.54, 1.807) is 0 Å². The monoisotopic (exact) mass is 208 g/mol. The van der Waals surface area contributed by atoms with Gasteiger partial charge in [0.25, 0.3) is 0 Å². The summed E-state index contributed by atoms with van der Waals surface area (Å²) in [6.07, 6.45) is 3.93. The van der Waals surface area contributed by atoms with Crippen LogP contribution in [0.25, 0.3) is 0 Å². The van der Waals surface area contributed by atoms with Crippen LogP contribution in [0.5, 0.6) is 0 Å². The van der Waals surface area contributed by atoms with E-state index in [0.29, 0.717) is 0 Å². The van der Waals surface area contributed by atoms with E-state index < -0.39 is 8.19 Å². The van der Waals surface area contributed by atoms with Crippen LogP contribution < -0.4 is 0 Å². The third-order valence-corrected chi connectivity index (χ3v) is 7.38. The van der Waals surface area contributed by atoms with Crippen LogP contribution >= 0.6 is 23.8 Å². The summed E-state index contributed by atoms with van der Waals surface area (Å²) in [5.41, 5.74) is 0. The Kier molecular flexibility index (Phi) is 5.79. The lowest BCUT2D eigenvalue weighted by Crippen LogP contribution is -2.20. The van der Waals surface area contributed by atoms with E-state index in [2.05, 4.69) is 23.8 Å². The maximum atomic E-state index is 5.70. The zero-order valence-electron chi connectivity index (χ0n) is 6.79. The van der Waals surface area contributed by atoms with Crippen LogP contribution in [0.2, 0.25) is 6.04 Å². The zero-order chi connectivity index (χ0) is 7.94. The van der Waals surface area contributed by atoms with Crippen molar-refractivity contribution in [1.82, 2.24) is 0 Å². The van der Waals surface area contributed by atoms with Gasteiger partial charge in [-0.25, -0.2) is 0 Å². The van der Waals surface area contributed by atoms with Crippen LogP contribution in [0, 0.1) is 0 Å². The van der Waals surface area contributed by atoms with Crippen LogP contribution in [0.4, 0.5) is 0 Å². The summed E-state index contributed by atoms with van der Waals surface area (Å²) in [5.74, 6) is 2.29. The lowest BCUT2D eigenvalue weighted by molar-refractivity contribution is 0.300. The third kappa shape index (κ3) is 4.45. The molecule has 4 heteroatoms. The Bertz CT molecular complexity index is 96.4. The molecule has 1 saturated heterocycles. The first kappa shape index (κ1) is 9.96. The molecular weight excluding hydrogens is 192 g/mol. The first-order chi connectivity index (χ1) is 5.43. The standard InChI is InChI=1S/C7H16OS2Si/c9-5-3-6-10-11-7-2-1-4-8-11/h9,11H,1-7H2. The molecule has 1 unspecified atom stereocenters. The molecule has 0 aromatic carbocycles. The molecule has 1 fully saturated rings. The third-order valence-electron chi connectivity index (χ3n) is 1.74. The van der Waals surface area contributed by atoms with Gasteiger partial charge in [-0.2, -0.15) is 23.8 Å². The highest BCUT2D eigenvalue weighted by Crippen LogP contribution is 2.20. The fourth-order valence-electron chi connectivity index (χ4n) is 1.12. The molecule has 66 valence electrons. The molecule has 0 bridgehead atoms. The summed E-state index contributed by atoms with van der Waals surface area (Å²) >= 11 is 6.27. The van der Waals surface area contributed by atoms with Gasteiger partial charge < -0.3 is 4.43 Å². The molecule has 11 heavy (non-hydrogen) atoms. The predicted molar refractivity (Wildman–Crippen MR) is 58.1 cm³/mol. The van der Waals surface area contributed by atoms with E-state index in [1.807, 2.05) is 0 Å². The van der Waals surface area contributed by atoms with E-state index >= 15 is 0 Å². The van der Waals surface area contributed by atoms with Crippen LogP contribution in [0.15, 0.2) is 0 Å². The normalized spacial score (nSPS) is 25.4. The zero-order valence-corrected chi connectivity index (χ0v) is 9.66. The molecule has 1 atom stereocenters. The van der Waals surface area contributed by atoms with Crippen molar-refractivity contribution in [1.29, 1.82) is 0 Å². The molecule has 1 nitrogen and oxygen atoms in total. The summed E-state index contributed by atoms with van der Waals surface area (Å²) in [5, 5.41) is 0. The Hall–Kier alpha value is 0.877. The van der Waals surface area contributed by atoms with Crippen molar-refractivity contribution in [3.05, 3.63) is 0 Å². The van der Waals surface area contributed by atoms with Gasteiger partial charge in [0.05, 0.1) is 0 Å². The summed E-state index contributed by atoms with van der Waals surface area (Å²) in [7, 11) is -0.775. The summed E-state index contributed by atoms with van der Waals surface area (Å²) in [6, 6.07) is 1.39. The predicted octanol–water partition coefficient (Wildman–Crippen LogP) is 2.07. The second kappa shape index (κ2) is 6.40. The van der Waals surface area contributed by atoms with E-state index in [-0.39, 0.29) is 0 Å². The van der Waals surface area contributed by atoms with E-state index in [1.165, 1.54) is 31.1 Å². The fourth-order valence-corrected chi connectivity index (χ4v) is 6.42. The molecule has 1 aliphatic rings. The van der Waals surface area contributed by atoms with Gasteiger partial charge in [0, 0.05) is 6.61 Å². The maximum absolute atomic E-state index is 5.70. The van der Waals surface area contributed by atoms with Gasteiger partial charge >= 0.3 is 0 Å². The Labute approximate surface area is 80.1 Å². The average Bonchev–Trinajstić information content (AvgIpc) is 2.07. The van der Waals surface area contributed by atoms with Gasteiger partial charge in [0.2, 0.25) is 8.19 Å². The van der Waals surface area contributed by atoms with Gasteiger partial charge in [0.15, 0.2) is 0 Å². The van der Waals surface area contributed by atoms with Crippen LogP contribution in [0.3, 0.4) is 0 Å². The van der Waals surface area contributed by atoms with Gasteiger partial charge in [0.1, 0.15) is 0 Å². The van der Waals surface area contributed by atoms with Crippen molar-refractivity contribution in [3.63, 3.8) is 0 Å². The van der Waals surface area contributed by atoms with Crippen molar-refractivity contribution in [2.45, 2.75) is 25.3 Å². The summed E-state index contributed by atoms with van der Waals surface area (Å²) < 4.78 is 5.70. The molecule has 1 heterocycles. The molecule has 0 aliphatic carbocycles. The smallest absolute Gasteiger partial charge is 0.238 e. The Balaban J connectivity index is 1.96.